The van der Waals surface area contributed by atoms with Gasteiger partial charge in [0.15, 0.2) is 0 Å². The number of carbonyl (C=O) groups is 1. The summed E-state index contributed by atoms with van der Waals surface area (Å²) in [6, 6.07) is 12.6. The highest BCUT2D eigenvalue weighted by molar-refractivity contribution is 5.94. The van der Waals surface area contributed by atoms with Gasteiger partial charge in [-0.3, -0.25) is 14.6 Å². The van der Waals surface area contributed by atoms with Crippen molar-refractivity contribution < 1.29 is 9.18 Å². The van der Waals surface area contributed by atoms with Crippen molar-refractivity contribution in [3.63, 3.8) is 0 Å². The highest BCUT2D eigenvalue weighted by Gasteiger charge is 2.21. The van der Waals surface area contributed by atoms with E-state index in [0.717, 1.165) is 5.56 Å². The number of carbonyl (C=O) groups excluding carboxylic acids is 1. The number of benzene rings is 1. The minimum absolute atomic E-state index is 0.292. The number of rotatable bonds is 5. The lowest BCUT2D eigenvalue weighted by Gasteiger charge is -2.20. The molecule has 0 saturated carbocycles. The van der Waals surface area contributed by atoms with Crippen LogP contribution in [0, 0.1) is 11.8 Å². The minimum Gasteiger partial charge on any atom is -0.339 e. The Kier molecular flexibility index (Phi) is 5.97. The second-order valence-electron chi connectivity index (χ2n) is 6.03. The molecule has 0 bridgehead atoms. The number of amides is 1. The van der Waals surface area contributed by atoms with Crippen molar-refractivity contribution in [2.75, 3.05) is 0 Å². The molecule has 2 aromatic heterocycles. The molecule has 5 nitrogen and oxygen atoms in total. The molecule has 2 heterocycles. The first-order valence-corrected chi connectivity index (χ1v) is 8.64. The molecule has 1 amide bonds. The van der Waals surface area contributed by atoms with Crippen LogP contribution in [0.25, 0.3) is 0 Å². The molecule has 0 aliphatic rings. The van der Waals surface area contributed by atoms with Crippen LogP contribution < -0.4 is 10.9 Å². The van der Waals surface area contributed by atoms with E-state index in [1.165, 1.54) is 18.3 Å². The number of pyridine rings is 2. The predicted octanol–water partition coefficient (Wildman–Crippen LogP) is 3.13. The lowest BCUT2D eigenvalue weighted by atomic mass is 9.98. The average Bonchev–Trinajstić information content (AvgIpc) is 2.73. The van der Waals surface area contributed by atoms with Crippen LogP contribution in [0.3, 0.4) is 0 Å². The fourth-order valence-corrected chi connectivity index (χ4v) is 2.76. The van der Waals surface area contributed by atoms with Crippen LogP contribution in [0.5, 0.6) is 0 Å². The molecule has 1 aromatic carbocycles. The van der Waals surface area contributed by atoms with E-state index >= 15 is 0 Å². The van der Waals surface area contributed by atoms with Crippen LogP contribution in [0.2, 0.25) is 0 Å². The molecule has 6 heteroatoms. The number of nitrogens with zero attached hydrogens (tertiary/aromatic N) is 1. The summed E-state index contributed by atoms with van der Waals surface area (Å²) in [7, 11) is 0. The molecule has 2 N–H and O–H groups in total. The molecule has 28 heavy (non-hydrogen) atoms. The van der Waals surface area contributed by atoms with Gasteiger partial charge in [-0.15, -0.1) is 5.92 Å². The second-order valence-corrected chi connectivity index (χ2v) is 6.03. The third-order valence-electron chi connectivity index (χ3n) is 4.16. The molecular weight excluding hydrogens is 357 g/mol. The molecule has 0 spiro atoms. The number of aromatic nitrogens is 2. The van der Waals surface area contributed by atoms with Gasteiger partial charge in [-0.2, -0.15) is 0 Å². The number of nitrogens with one attached hydrogen (secondary N) is 2. The van der Waals surface area contributed by atoms with Crippen molar-refractivity contribution >= 4 is 5.91 Å². The summed E-state index contributed by atoms with van der Waals surface area (Å²) >= 11 is 0. The van der Waals surface area contributed by atoms with Crippen molar-refractivity contribution in [3.05, 3.63) is 99.2 Å². The molecular formula is C22H18FN3O2. The van der Waals surface area contributed by atoms with Crippen LogP contribution in [0.15, 0.2) is 65.7 Å². The number of hydrogen-bond donors (Lipinski definition) is 2. The van der Waals surface area contributed by atoms with E-state index in [-0.39, 0.29) is 11.5 Å². The van der Waals surface area contributed by atoms with Crippen LogP contribution in [0.4, 0.5) is 4.39 Å². The molecule has 140 valence electrons. The maximum atomic E-state index is 12.9. The zero-order chi connectivity index (χ0) is 19.9. The average molecular weight is 375 g/mol. The van der Waals surface area contributed by atoms with Crippen LogP contribution in [0.1, 0.15) is 45.7 Å². The SMILES string of the molecule is CC#Cc1cccnc1[C@@H](NC(=O)c1ccc(=O)[nH]c1)c1ccc(CF)cc1. The Hall–Kier alpha value is -3.72. The summed E-state index contributed by atoms with van der Waals surface area (Å²) in [5.41, 5.74) is 2.58. The summed E-state index contributed by atoms with van der Waals surface area (Å²) < 4.78 is 12.9. The molecule has 0 saturated heterocycles. The monoisotopic (exact) mass is 375 g/mol. The largest absolute Gasteiger partial charge is 0.339 e. The van der Waals surface area contributed by atoms with Gasteiger partial charge in [-0.25, -0.2) is 4.39 Å². The normalized spacial score (nSPS) is 11.2. The van der Waals surface area contributed by atoms with Gasteiger partial charge in [0, 0.05) is 24.0 Å². The Labute approximate surface area is 161 Å². The highest BCUT2D eigenvalue weighted by Crippen LogP contribution is 2.24. The topological polar surface area (TPSA) is 74.8 Å². The quantitative estimate of drug-likeness (QED) is 0.673. The summed E-state index contributed by atoms with van der Waals surface area (Å²) in [6.07, 6.45) is 2.98. The molecule has 1 atom stereocenters. The zero-order valence-electron chi connectivity index (χ0n) is 15.2. The maximum Gasteiger partial charge on any atom is 0.253 e. The van der Waals surface area contributed by atoms with Crippen LogP contribution in [-0.2, 0) is 6.67 Å². The van der Waals surface area contributed by atoms with Crippen molar-refractivity contribution in [2.45, 2.75) is 19.6 Å². The molecule has 0 radical (unpaired) electrons. The molecule has 0 aliphatic heterocycles. The smallest absolute Gasteiger partial charge is 0.253 e. The Morgan fingerprint density at radius 2 is 2.00 bits per heavy atom. The first kappa shape index (κ1) is 19.1. The Balaban J connectivity index is 2.03. The van der Waals surface area contributed by atoms with Crippen LogP contribution >= 0.6 is 0 Å². The minimum atomic E-state index is -0.592. The standard InChI is InChI=1S/C22H18FN3O2/c1-2-4-16-5-3-12-24-20(16)21(17-8-6-15(13-23)7-9-17)26-22(28)18-10-11-19(27)25-14-18/h3,5-12,14,21H,13H2,1H3,(H,25,27)(H,26,28)/t21-/m0/s1. The van der Waals surface area contributed by atoms with E-state index in [9.17, 15) is 14.0 Å². The summed E-state index contributed by atoms with van der Waals surface area (Å²) in [5.74, 6) is 5.47. The van der Waals surface area contributed by atoms with Gasteiger partial charge in [-0.1, -0.05) is 30.2 Å². The van der Waals surface area contributed by atoms with Gasteiger partial charge in [0.1, 0.15) is 6.67 Å². The Morgan fingerprint density at radius 3 is 2.64 bits per heavy atom. The zero-order valence-corrected chi connectivity index (χ0v) is 15.2. The van der Waals surface area contributed by atoms with Gasteiger partial charge in [0.25, 0.3) is 5.91 Å². The lowest BCUT2D eigenvalue weighted by Crippen LogP contribution is -2.31. The lowest BCUT2D eigenvalue weighted by molar-refractivity contribution is 0.0942. The van der Waals surface area contributed by atoms with Gasteiger partial charge in [-0.05, 0) is 36.2 Å². The first-order valence-electron chi connectivity index (χ1n) is 8.64. The fourth-order valence-electron chi connectivity index (χ4n) is 2.76. The molecule has 0 unspecified atom stereocenters. The summed E-state index contributed by atoms with van der Waals surface area (Å²) in [4.78, 5) is 30.9. The van der Waals surface area contributed by atoms with Crippen molar-refractivity contribution in [1.29, 1.82) is 0 Å². The first-order chi connectivity index (χ1) is 13.6. The van der Waals surface area contributed by atoms with E-state index in [0.29, 0.717) is 22.4 Å². The maximum absolute atomic E-state index is 12.9. The summed E-state index contributed by atoms with van der Waals surface area (Å²) in [6.45, 7) is 1.16. The number of halogens is 1. The van der Waals surface area contributed by atoms with E-state index in [1.54, 1.807) is 43.5 Å². The number of H-pyrrole nitrogens is 1. The van der Waals surface area contributed by atoms with Gasteiger partial charge in [0.2, 0.25) is 5.56 Å². The van der Waals surface area contributed by atoms with Crippen LogP contribution in [-0.4, -0.2) is 15.9 Å². The van der Waals surface area contributed by atoms with E-state index in [2.05, 4.69) is 27.1 Å². The van der Waals surface area contributed by atoms with E-state index in [4.69, 9.17) is 0 Å². The third-order valence-corrected chi connectivity index (χ3v) is 4.16. The number of aromatic amines is 1. The third kappa shape index (κ3) is 4.33. The molecule has 3 rings (SSSR count). The van der Waals surface area contributed by atoms with E-state index in [1.807, 2.05) is 6.07 Å². The van der Waals surface area contributed by atoms with E-state index < -0.39 is 12.7 Å². The van der Waals surface area contributed by atoms with Gasteiger partial charge < -0.3 is 10.3 Å². The number of alkyl halides is 1. The Morgan fingerprint density at radius 1 is 1.21 bits per heavy atom. The highest BCUT2D eigenvalue weighted by atomic mass is 19.1. The molecule has 0 fully saturated rings. The Bertz CT molecular complexity index is 1070. The van der Waals surface area contributed by atoms with Gasteiger partial charge in [0.05, 0.1) is 17.3 Å². The number of hydrogen-bond acceptors (Lipinski definition) is 3. The second kappa shape index (κ2) is 8.78. The molecule has 0 aliphatic carbocycles. The molecule has 3 aromatic rings. The van der Waals surface area contributed by atoms with Gasteiger partial charge >= 0.3 is 0 Å². The fraction of sp³-hybridized carbons (Fsp3) is 0.136. The predicted molar refractivity (Wildman–Crippen MR) is 104 cm³/mol. The van der Waals surface area contributed by atoms with Crippen molar-refractivity contribution in [3.8, 4) is 11.8 Å². The van der Waals surface area contributed by atoms with Crippen molar-refractivity contribution in [2.24, 2.45) is 0 Å². The summed E-state index contributed by atoms with van der Waals surface area (Å²) in [5, 5.41) is 2.94. The van der Waals surface area contributed by atoms with Crippen molar-refractivity contribution in [1.82, 2.24) is 15.3 Å².